The lowest BCUT2D eigenvalue weighted by Gasteiger charge is -2.45. The van der Waals surface area contributed by atoms with Gasteiger partial charge in [-0.05, 0) is 25.7 Å². The van der Waals surface area contributed by atoms with Crippen molar-refractivity contribution in [3.05, 3.63) is 11.7 Å². The van der Waals surface area contributed by atoms with Gasteiger partial charge in [0.05, 0.1) is 12.3 Å². The molecule has 1 aromatic heterocycles. The van der Waals surface area contributed by atoms with E-state index in [0.29, 0.717) is 56.9 Å². The maximum Gasteiger partial charge on any atom is 0.229 e. The summed E-state index contributed by atoms with van der Waals surface area (Å²) in [4.78, 5) is 18.6. The van der Waals surface area contributed by atoms with E-state index in [2.05, 4.69) is 10.1 Å². The van der Waals surface area contributed by atoms with Crippen LogP contribution in [0.3, 0.4) is 0 Å². The van der Waals surface area contributed by atoms with E-state index in [1.807, 2.05) is 0 Å². The van der Waals surface area contributed by atoms with Gasteiger partial charge in [-0.15, -0.1) is 0 Å². The smallest absolute Gasteiger partial charge is 0.229 e. The number of likely N-dealkylation sites (tertiary alicyclic amines) is 1. The third kappa shape index (κ3) is 4.33. The summed E-state index contributed by atoms with van der Waals surface area (Å²) in [6, 6.07) is -0.182. The second-order valence-electron chi connectivity index (χ2n) is 7.73. The molecule has 3 heterocycles. The van der Waals surface area contributed by atoms with Crippen LogP contribution >= 0.6 is 0 Å². The Balaban J connectivity index is 1.32. The highest BCUT2D eigenvalue weighted by atomic mass is 32.2. The minimum Gasteiger partial charge on any atom is -0.381 e. The molecule has 150 valence electrons. The van der Waals surface area contributed by atoms with E-state index in [0.717, 1.165) is 25.7 Å². The highest BCUT2D eigenvalue weighted by Gasteiger charge is 2.40. The van der Waals surface area contributed by atoms with Crippen LogP contribution in [0.15, 0.2) is 4.52 Å². The first-order valence-corrected chi connectivity index (χ1v) is 11.4. The normalized spacial score (nSPS) is 22.2. The van der Waals surface area contributed by atoms with Crippen LogP contribution in [0.25, 0.3) is 0 Å². The Morgan fingerprint density at radius 2 is 1.93 bits per heavy atom. The minimum atomic E-state index is -3.38. The second-order valence-corrected chi connectivity index (χ2v) is 9.67. The molecule has 1 aliphatic carbocycles. The van der Waals surface area contributed by atoms with Crippen molar-refractivity contribution in [3.8, 4) is 0 Å². The number of nitrogens with zero attached hydrogens (tertiary/aromatic N) is 4. The molecule has 10 heteroatoms. The molecule has 0 spiro atoms. The predicted molar refractivity (Wildman–Crippen MR) is 95.4 cm³/mol. The summed E-state index contributed by atoms with van der Waals surface area (Å²) in [6.45, 7) is 2.44. The molecule has 3 fully saturated rings. The van der Waals surface area contributed by atoms with Gasteiger partial charge < -0.3 is 14.2 Å². The van der Waals surface area contributed by atoms with Gasteiger partial charge in [-0.2, -0.15) is 9.29 Å². The van der Waals surface area contributed by atoms with Crippen molar-refractivity contribution in [1.82, 2.24) is 19.3 Å². The molecule has 0 atom stereocenters. The summed E-state index contributed by atoms with van der Waals surface area (Å²) in [5.41, 5.74) is 0. The molecule has 4 rings (SSSR count). The van der Waals surface area contributed by atoms with E-state index >= 15 is 0 Å². The molecule has 1 amide bonds. The molecule has 1 saturated carbocycles. The number of aromatic nitrogens is 2. The molecule has 0 aromatic carbocycles. The number of carbonyl (C=O) groups excluding carboxylic acids is 1. The van der Waals surface area contributed by atoms with E-state index in [4.69, 9.17) is 9.26 Å². The monoisotopic (exact) mass is 398 g/mol. The number of hydrogen-bond acceptors (Lipinski definition) is 7. The largest absolute Gasteiger partial charge is 0.381 e. The van der Waals surface area contributed by atoms with Gasteiger partial charge in [0.25, 0.3) is 0 Å². The molecule has 3 aliphatic rings. The lowest BCUT2D eigenvalue weighted by Crippen LogP contribution is -2.63. The predicted octanol–water partition coefficient (Wildman–Crippen LogP) is 0.389. The van der Waals surface area contributed by atoms with Crippen molar-refractivity contribution in [2.45, 2.75) is 44.1 Å². The molecule has 0 unspecified atom stereocenters. The highest BCUT2D eigenvalue weighted by molar-refractivity contribution is 7.88. The van der Waals surface area contributed by atoms with Gasteiger partial charge in [0.15, 0.2) is 5.82 Å². The van der Waals surface area contributed by atoms with E-state index in [1.54, 1.807) is 4.90 Å². The zero-order chi connectivity index (χ0) is 19.0. The third-order valence-electron chi connectivity index (χ3n) is 5.54. The molecule has 0 radical (unpaired) electrons. The molecular weight excluding hydrogens is 372 g/mol. The Kier molecular flexibility index (Phi) is 5.21. The Labute approximate surface area is 159 Å². The summed E-state index contributed by atoms with van der Waals surface area (Å²) >= 11 is 0. The Hall–Kier alpha value is -1.52. The van der Waals surface area contributed by atoms with Gasteiger partial charge in [-0.3, -0.25) is 4.79 Å². The average molecular weight is 398 g/mol. The van der Waals surface area contributed by atoms with Gasteiger partial charge in [-0.1, -0.05) is 5.16 Å². The van der Waals surface area contributed by atoms with Crippen molar-refractivity contribution in [1.29, 1.82) is 0 Å². The standard InChI is InChI=1S/C17H26N4O5S/c1-27(23,24)21(7-4-15-18-16(26-19-15)12-2-3-12)14-10-20(11-14)17(22)13-5-8-25-9-6-13/h12-14H,2-11H2,1H3. The third-order valence-corrected chi connectivity index (χ3v) is 6.88. The first-order chi connectivity index (χ1) is 12.9. The summed E-state index contributed by atoms with van der Waals surface area (Å²) in [7, 11) is -3.38. The zero-order valence-corrected chi connectivity index (χ0v) is 16.4. The highest BCUT2D eigenvalue weighted by Crippen LogP contribution is 2.38. The Morgan fingerprint density at radius 1 is 1.22 bits per heavy atom. The van der Waals surface area contributed by atoms with Crippen LogP contribution in [0, 0.1) is 5.92 Å². The van der Waals surface area contributed by atoms with Crippen molar-refractivity contribution in [2.75, 3.05) is 39.1 Å². The van der Waals surface area contributed by atoms with Gasteiger partial charge in [-0.25, -0.2) is 8.42 Å². The summed E-state index contributed by atoms with van der Waals surface area (Å²) < 4.78 is 36.5. The maximum absolute atomic E-state index is 12.5. The van der Waals surface area contributed by atoms with Crippen molar-refractivity contribution < 1.29 is 22.5 Å². The fourth-order valence-electron chi connectivity index (χ4n) is 3.71. The zero-order valence-electron chi connectivity index (χ0n) is 15.5. The second kappa shape index (κ2) is 7.48. The number of sulfonamides is 1. The van der Waals surface area contributed by atoms with Crippen molar-refractivity contribution in [2.24, 2.45) is 5.92 Å². The molecule has 2 aliphatic heterocycles. The summed E-state index contributed by atoms with van der Waals surface area (Å²) in [5, 5.41) is 3.96. The van der Waals surface area contributed by atoms with Crippen LogP contribution < -0.4 is 0 Å². The molecule has 0 bridgehead atoms. The SMILES string of the molecule is CS(=O)(=O)N(CCc1noc(C2CC2)n1)C1CN(C(=O)C2CCOCC2)C1. The number of hydrogen-bond donors (Lipinski definition) is 0. The summed E-state index contributed by atoms with van der Waals surface area (Å²) in [6.07, 6.45) is 5.27. The average Bonchev–Trinajstić information content (AvgIpc) is 3.35. The fourth-order valence-corrected chi connectivity index (χ4v) is 4.81. The van der Waals surface area contributed by atoms with Crippen LogP contribution in [0.4, 0.5) is 0 Å². The van der Waals surface area contributed by atoms with E-state index < -0.39 is 10.0 Å². The first kappa shape index (κ1) is 18.8. The maximum atomic E-state index is 12.5. The summed E-state index contributed by atoms with van der Waals surface area (Å²) in [5.74, 6) is 1.71. The molecule has 9 nitrogen and oxygen atoms in total. The van der Waals surface area contributed by atoms with Crippen LogP contribution in [0.2, 0.25) is 0 Å². The lowest BCUT2D eigenvalue weighted by atomic mass is 9.96. The van der Waals surface area contributed by atoms with Crippen LogP contribution in [0.5, 0.6) is 0 Å². The lowest BCUT2D eigenvalue weighted by molar-refractivity contribution is -0.144. The van der Waals surface area contributed by atoms with Gasteiger partial charge in [0, 0.05) is 51.1 Å². The number of amides is 1. The Morgan fingerprint density at radius 3 is 2.56 bits per heavy atom. The molecule has 27 heavy (non-hydrogen) atoms. The van der Waals surface area contributed by atoms with Crippen LogP contribution in [-0.4, -0.2) is 78.8 Å². The molecular formula is C17H26N4O5S. The quantitative estimate of drug-likeness (QED) is 0.654. The van der Waals surface area contributed by atoms with E-state index in [1.165, 1.54) is 10.6 Å². The molecule has 2 saturated heterocycles. The number of ether oxygens (including phenoxy) is 1. The fraction of sp³-hybridized carbons (Fsp3) is 0.824. The van der Waals surface area contributed by atoms with Crippen LogP contribution in [0.1, 0.15) is 43.3 Å². The van der Waals surface area contributed by atoms with Gasteiger partial charge in [0.2, 0.25) is 21.8 Å². The molecule has 0 N–H and O–H groups in total. The minimum absolute atomic E-state index is 0.00607. The van der Waals surface area contributed by atoms with Gasteiger partial charge >= 0.3 is 0 Å². The van der Waals surface area contributed by atoms with Crippen molar-refractivity contribution in [3.63, 3.8) is 0 Å². The van der Waals surface area contributed by atoms with E-state index in [9.17, 15) is 13.2 Å². The first-order valence-electron chi connectivity index (χ1n) is 9.57. The van der Waals surface area contributed by atoms with Crippen LogP contribution in [-0.2, 0) is 26.0 Å². The van der Waals surface area contributed by atoms with E-state index in [-0.39, 0.29) is 17.9 Å². The number of rotatable bonds is 7. The Bertz CT molecular complexity index is 779. The van der Waals surface area contributed by atoms with Crippen molar-refractivity contribution >= 4 is 15.9 Å². The topological polar surface area (TPSA) is 106 Å². The molecule has 1 aromatic rings. The number of carbonyl (C=O) groups is 1. The van der Waals surface area contributed by atoms with Gasteiger partial charge in [0.1, 0.15) is 0 Å².